The molecule has 0 bridgehead atoms. The van der Waals surface area contributed by atoms with Crippen LogP contribution in [0, 0.1) is 13.8 Å². The van der Waals surface area contributed by atoms with Gasteiger partial charge >= 0.3 is 6.18 Å². The van der Waals surface area contributed by atoms with Crippen molar-refractivity contribution in [2.45, 2.75) is 20.0 Å². The molecule has 4 nitrogen and oxygen atoms in total. The van der Waals surface area contributed by atoms with Crippen LogP contribution in [0.3, 0.4) is 0 Å². The van der Waals surface area contributed by atoms with Crippen LogP contribution in [0.1, 0.15) is 22.5 Å². The number of carbonyl (C=O) groups is 1. The average Bonchev–Trinajstić information content (AvgIpc) is 2.97. The molecule has 2 aromatic rings. The minimum atomic E-state index is -4.41. The number of nitrogens with one attached hydrogen (secondary N) is 2. The lowest BCUT2D eigenvalue weighted by Gasteiger charge is -2.13. The number of benzene rings is 1. The molecule has 2 N–H and O–H groups in total. The first-order valence-corrected chi connectivity index (χ1v) is 7.78. The van der Waals surface area contributed by atoms with Crippen LogP contribution in [-0.2, 0) is 11.0 Å². The van der Waals surface area contributed by atoms with Crippen LogP contribution in [0.2, 0.25) is 0 Å². The molecule has 1 aliphatic rings. The number of aromatic nitrogens is 1. The maximum absolute atomic E-state index is 13.0. The van der Waals surface area contributed by atoms with Crippen molar-refractivity contribution in [1.29, 1.82) is 0 Å². The number of hydrogen-bond donors (Lipinski definition) is 2. The van der Waals surface area contributed by atoms with E-state index in [0.717, 1.165) is 29.1 Å². The maximum atomic E-state index is 13.0. The van der Waals surface area contributed by atoms with E-state index in [-0.39, 0.29) is 11.0 Å². The van der Waals surface area contributed by atoms with Gasteiger partial charge in [-0.15, -0.1) is 0 Å². The smallest absolute Gasteiger partial charge is 0.328 e. The summed E-state index contributed by atoms with van der Waals surface area (Å²) in [5.41, 5.74) is 2.20. The Bertz CT molecular complexity index is 912. The molecule has 25 heavy (non-hydrogen) atoms. The Morgan fingerprint density at radius 1 is 1.16 bits per heavy atom. The summed E-state index contributed by atoms with van der Waals surface area (Å²) < 4.78 is 40.6. The van der Waals surface area contributed by atoms with E-state index in [1.807, 2.05) is 0 Å². The van der Waals surface area contributed by atoms with Crippen LogP contribution >= 0.6 is 12.2 Å². The van der Waals surface area contributed by atoms with Gasteiger partial charge in [-0.05, 0) is 62.0 Å². The van der Waals surface area contributed by atoms with Crippen molar-refractivity contribution in [3.63, 3.8) is 0 Å². The number of nitrogens with zero attached hydrogens (tertiary/aromatic N) is 1. The molecule has 0 saturated carbocycles. The van der Waals surface area contributed by atoms with Crippen LogP contribution in [-0.4, -0.2) is 15.6 Å². The lowest BCUT2D eigenvalue weighted by atomic mass is 10.2. The number of hydrogen-bond acceptors (Lipinski definition) is 2. The van der Waals surface area contributed by atoms with E-state index in [1.54, 1.807) is 36.6 Å². The molecule has 1 amide bonds. The predicted octanol–water partition coefficient (Wildman–Crippen LogP) is 3.46. The molecule has 1 aliphatic heterocycles. The number of halogens is 3. The topological polar surface area (TPSA) is 46.1 Å². The normalized spacial score (nSPS) is 16.3. The van der Waals surface area contributed by atoms with Crippen LogP contribution in [0.15, 0.2) is 36.0 Å². The number of alkyl halides is 3. The van der Waals surface area contributed by atoms with E-state index in [0.29, 0.717) is 11.4 Å². The molecule has 8 heteroatoms. The van der Waals surface area contributed by atoms with Gasteiger partial charge < -0.3 is 9.88 Å². The largest absolute Gasteiger partial charge is 0.416 e. The van der Waals surface area contributed by atoms with E-state index in [1.165, 1.54) is 6.07 Å². The van der Waals surface area contributed by atoms with Gasteiger partial charge in [0.2, 0.25) is 0 Å². The SMILES string of the molecule is Cc1cc(/C=C2/NC(=S)NC2=O)c(C)n1-c1cccc(C(F)(F)F)c1. The first-order chi connectivity index (χ1) is 11.7. The number of carbonyl (C=O) groups excluding carboxylic acids is 1. The van der Waals surface area contributed by atoms with Gasteiger partial charge in [-0.1, -0.05) is 6.07 Å². The molecular weight excluding hydrogens is 351 g/mol. The minimum absolute atomic E-state index is 0.225. The lowest BCUT2D eigenvalue weighted by molar-refractivity contribution is -0.137. The fourth-order valence-electron chi connectivity index (χ4n) is 2.79. The summed E-state index contributed by atoms with van der Waals surface area (Å²) in [6.07, 6.45) is -2.78. The summed E-state index contributed by atoms with van der Waals surface area (Å²) in [5, 5.41) is 5.44. The van der Waals surface area contributed by atoms with Gasteiger partial charge in [0.05, 0.1) is 5.56 Å². The van der Waals surface area contributed by atoms with Crippen molar-refractivity contribution in [1.82, 2.24) is 15.2 Å². The van der Waals surface area contributed by atoms with Gasteiger partial charge in [-0.2, -0.15) is 13.2 Å². The highest BCUT2D eigenvalue weighted by atomic mass is 32.1. The Hall–Kier alpha value is -2.61. The standard InChI is InChI=1S/C17H14F3N3OS/c1-9-6-11(7-14-15(24)22-16(25)21-14)10(2)23(9)13-5-3-4-12(8-13)17(18,19)20/h3-8H,1-2H3,(H2,21,22,24,25)/b14-7+. The highest BCUT2D eigenvalue weighted by Gasteiger charge is 2.30. The van der Waals surface area contributed by atoms with Crippen LogP contribution < -0.4 is 10.6 Å². The Morgan fingerprint density at radius 3 is 2.48 bits per heavy atom. The van der Waals surface area contributed by atoms with Crippen LogP contribution in [0.25, 0.3) is 11.8 Å². The zero-order valence-electron chi connectivity index (χ0n) is 13.4. The van der Waals surface area contributed by atoms with Gasteiger partial charge in [0.25, 0.3) is 5.91 Å². The van der Waals surface area contributed by atoms with Crippen molar-refractivity contribution in [3.05, 3.63) is 58.5 Å². The fourth-order valence-corrected chi connectivity index (χ4v) is 2.99. The third-order valence-corrected chi connectivity index (χ3v) is 4.13. The average molecular weight is 365 g/mol. The molecule has 130 valence electrons. The first-order valence-electron chi connectivity index (χ1n) is 7.37. The second-order valence-electron chi connectivity index (χ2n) is 5.68. The molecule has 1 fully saturated rings. The zero-order chi connectivity index (χ0) is 18.4. The van der Waals surface area contributed by atoms with E-state index in [2.05, 4.69) is 10.6 Å². The summed E-state index contributed by atoms with van der Waals surface area (Å²) in [7, 11) is 0. The molecule has 1 aromatic carbocycles. The second-order valence-corrected chi connectivity index (χ2v) is 6.08. The summed E-state index contributed by atoms with van der Waals surface area (Å²) in [6, 6.07) is 6.93. The minimum Gasteiger partial charge on any atom is -0.328 e. The molecule has 2 heterocycles. The summed E-state index contributed by atoms with van der Waals surface area (Å²) in [4.78, 5) is 11.8. The Morgan fingerprint density at radius 2 is 1.88 bits per heavy atom. The predicted molar refractivity (Wildman–Crippen MR) is 92.1 cm³/mol. The van der Waals surface area contributed by atoms with Crippen molar-refractivity contribution in [3.8, 4) is 5.69 Å². The molecule has 0 spiro atoms. The van der Waals surface area contributed by atoms with Crippen LogP contribution in [0.5, 0.6) is 0 Å². The molecular formula is C17H14F3N3OS. The Balaban J connectivity index is 2.06. The second kappa shape index (κ2) is 6.03. The Labute approximate surface area is 147 Å². The number of thiocarbonyl (C=S) groups is 1. The van der Waals surface area contributed by atoms with Crippen molar-refractivity contribution < 1.29 is 18.0 Å². The van der Waals surface area contributed by atoms with Gasteiger partial charge in [0.1, 0.15) is 5.70 Å². The molecule has 0 unspecified atom stereocenters. The molecule has 0 radical (unpaired) electrons. The first kappa shape index (κ1) is 17.2. The highest BCUT2D eigenvalue weighted by molar-refractivity contribution is 7.80. The van der Waals surface area contributed by atoms with Gasteiger partial charge in [-0.25, -0.2) is 0 Å². The summed E-state index contributed by atoms with van der Waals surface area (Å²) in [5.74, 6) is -0.339. The summed E-state index contributed by atoms with van der Waals surface area (Å²) >= 11 is 4.88. The van der Waals surface area contributed by atoms with Crippen molar-refractivity contribution in [2.75, 3.05) is 0 Å². The highest BCUT2D eigenvalue weighted by Crippen LogP contribution is 2.31. The number of aryl methyl sites for hydroxylation is 1. The van der Waals surface area contributed by atoms with Crippen molar-refractivity contribution >= 4 is 29.3 Å². The maximum Gasteiger partial charge on any atom is 0.416 e. The van der Waals surface area contributed by atoms with E-state index in [4.69, 9.17) is 12.2 Å². The van der Waals surface area contributed by atoms with E-state index >= 15 is 0 Å². The third kappa shape index (κ3) is 3.30. The monoisotopic (exact) mass is 365 g/mol. The molecule has 0 atom stereocenters. The molecule has 3 rings (SSSR count). The van der Waals surface area contributed by atoms with Gasteiger partial charge in [-0.3, -0.25) is 10.1 Å². The van der Waals surface area contributed by atoms with Gasteiger partial charge in [0.15, 0.2) is 5.11 Å². The molecule has 1 saturated heterocycles. The van der Waals surface area contributed by atoms with E-state index < -0.39 is 11.7 Å². The lowest BCUT2D eigenvalue weighted by Crippen LogP contribution is -2.21. The van der Waals surface area contributed by atoms with E-state index in [9.17, 15) is 18.0 Å². The number of amides is 1. The third-order valence-electron chi connectivity index (χ3n) is 3.92. The number of rotatable bonds is 2. The Kier molecular flexibility index (Phi) is 4.16. The fraction of sp³-hybridized carbons (Fsp3) is 0.176. The summed E-state index contributed by atoms with van der Waals surface area (Å²) in [6.45, 7) is 3.58. The zero-order valence-corrected chi connectivity index (χ0v) is 14.2. The van der Waals surface area contributed by atoms with Crippen LogP contribution in [0.4, 0.5) is 13.2 Å². The van der Waals surface area contributed by atoms with Gasteiger partial charge in [0, 0.05) is 17.1 Å². The molecule has 0 aliphatic carbocycles. The molecule has 1 aromatic heterocycles. The quantitative estimate of drug-likeness (QED) is 0.633. The van der Waals surface area contributed by atoms with Crippen molar-refractivity contribution in [2.24, 2.45) is 0 Å².